The first-order chi connectivity index (χ1) is 7.29. The summed E-state index contributed by atoms with van der Waals surface area (Å²) in [4.78, 5) is 0. The van der Waals surface area contributed by atoms with Crippen LogP contribution in [0.15, 0.2) is 16.6 Å². The molecule has 0 aromatic heterocycles. The van der Waals surface area contributed by atoms with Gasteiger partial charge in [-0.2, -0.15) is 0 Å². The Labute approximate surface area is 109 Å². The fraction of sp³-hybridized carbons (Fsp3) is 0.333. The summed E-state index contributed by atoms with van der Waals surface area (Å²) in [5.74, 6) is -6.16. The molecule has 0 bridgehead atoms. The number of hydrogen-bond donors (Lipinski definition) is 2. The van der Waals surface area contributed by atoms with Crippen molar-refractivity contribution in [2.24, 2.45) is 5.73 Å². The number of hydrogen-bond acceptors (Lipinski definition) is 2. The van der Waals surface area contributed by atoms with Crippen molar-refractivity contribution < 1.29 is 22.7 Å². The standard InChI is InChI=1S/C9H8BrF4NO.ClH/c10-4-1-5(11)7(6(12)2-4)8(15)9(13,14)3-16;/h1-2,8,16H,3,15H2;1H/t8-;/m1./s1. The van der Waals surface area contributed by atoms with Crippen molar-refractivity contribution in [3.63, 3.8) is 0 Å². The lowest BCUT2D eigenvalue weighted by molar-refractivity contribution is -0.0726. The zero-order chi connectivity index (χ0) is 12.5. The number of aliphatic hydroxyl groups excluding tert-OH is 1. The Morgan fingerprint density at radius 2 is 1.71 bits per heavy atom. The van der Waals surface area contributed by atoms with Crippen LogP contribution < -0.4 is 5.73 Å². The summed E-state index contributed by atoms with van der Waals surface area (Å²) in [5.41, 5.74) is 4.09. The molecule has 0 heterocycles. The van der Waals surface area contributed by atoms with Crippen molar-refractivity contribution >= 4 is 28.3 Å². The van der Waals surface area contributed by atoms with Gasteiger partial charge in [0.1, 0.15) is 24.3 Å². The lowest BCUT2D eigenvalue weighted by atomic mass is 10.0. The second-order valence-electron chi connectivity index (χ2n) is 3.18. The third kappa shape index (κ3) is 3.54. The smallest absolute Gasteiger partial charge is 0.289 e. The van der Waals surface area contributed by atoms with Gasteiger partial charge in [-0.05, 0) is 12.1 Å². The number of halogens is 6. The van der Waals surface area contributed by atoms with Crippen LogP contribution in [0.1, 0.15) is 11.6 Å². The maximum atomic E-state index is 13.3. The van der Waals surface area contributed by atoms with E-state index in [-0.39, 0.29) is 16.9 Å². The topological polar surface area (TPSA) is 46.2 Å². The van der Waals surface area contributed by atoms with E-state index in [2.05, 4.69) is 15.9 Å². The van der Waals surface area contributed by atoms with Gasteiger partial charge in [0.05, 0.1) is 0 Å². The largest absolute Gasteiger partial charge is 0.390 e. The van der Waals surface area contributed by atoms with Crippen LogP contribution in [0.2, 0.25) is 0 Å². The Balaban J connectivity index is 0.00000256. The highest BCUT2D eigenvalue weighted by molar-refractivity contribution is 9.10. The van der Waals surface area contributed by atoms with Gasteiger partial charge < -0.3 is 10.8 Å². The number of nitrogens with two attached hydrogens (primary N) is 1. The van der Waals surface area contributed by atoms with Gasteiger partial charge in [0.15, 0.2) is 0 Å². The Bertz CT molecular complexity index is 382. The van der Waals surface area contributed by atoms with Crippen molar-refractivity contribution in [3.05, 3.63) is 33.8 Å². The van der Waals surface area contributed by atoms with E-state index < -0.39 is 35.8 Å². The highest BCUT2D eigenvalue weighted by Gasteiger charge is 2.40. The number of alkyl halides is 2. The molecular weight excluding hydrogens is 329 g/mol. The van der Waals surface area contributed by atoms with E-state index >= 15 is 0 Å². The fourth-order valence-corrected chi connectivity index (χ4v) is 1.56. The Kier molecular flexibility index (Phi) is 5.86. The van der Waals surface area contributed by atoms with E-state index in [1.54, 1.807) is 0 Å². The molecule has 1 rings (SSSR count). The Morgan fingerprint density at radius 1 is 1.29 bits per heavy atom. The Hall–Kier alpha value is -0.370. The highest BCUT2D eigenvalue weighted by atomic mass is 79.9. The van der Waals surface area contributed by atoms with E-state index in [0.717, 1.165) is 12.1 Å². The monoisotopic (exact) mass is 337 g/mol. The zero-order valence-corrected chi connectivity index (χ0v) is 10.7. The van der Waals surface area contributed by atoms with E-state index in [1.807, 2.05) is 0 Å². The normalized spacial score (nSPS) is 13.1. The van der Waals surface area contributed by atoms with Gasteiger partial charge in [-0.1, -0.05) is 15.9 Å². The predicted molar refractivity (Wildman–Crippen MR) is 60.3 cm³/mol. The third-order valence-electron chi connectivity index (χ3n) is 2.02. The first-order valence-corrected chi connectivity index (χ1v) is 4.97. The lowest BCUT2D eigenvalue weighted by Crippen LogP contribution is -2.37. The minimum Gasteiger partial charge on any atom is -0.390 e. The van der Waals surface area contributed by atoms with E-state index in [4.69, 9.17) is 10.8 Å². The third-order valence-corrected chi connectivity index (χ3v) is 2.48. The average Bonchev–Trinajstić information content (AvgIpc) is 2.15. The summed E-state index contributed by atoms with van der Waals surface area (Å²) in [7, 11) is 0. The molecule has 3 N–H and O–H groups in total. The van der Waals surface area contributed by atoms with Crippen LogP contribution in [0.5, 0.6) is 0 Å². The first kappa shape index (κ1) is 16.6. The van der Waals surface area contributed by atoms with Crippen LogP contribution >= 0.6 is 28.3 Å². The molecule has 98 valence electrons. The number of benzene rings is 1. The van der Waals surface area contributed by atoms with Gasteiger partial charge in [-0.15, -0.1) is 12.4 Å². The molecule has 8 heteroatoms. The van der Waals surface area contributed by atoms with Gasteiger partial charge in [0, 0.05) is 10.0 Å². The second-order valence-corrected chi connectivity index (χ2v) is 4.10. The molecule has 0 unspecified atom stereocenters. The maximum absolute atomic E-state index is 13.3. The summed E-state index contributed by atoms with van der Waals surface area (Å²) >= 11 is 2.81. The molecule has 0 fully saturated rings. The summed E-state index contributed by atoms with van der Waals surface area (Å²) in [6.07, 6.45) is 0. The van der Waals surface area contributed by atoms with Crippen LogP contribution in [0.3, 0.4) is 0 Å². The van der Waals surface area contributed by atoms with Gasteiger partial charge >= 0.3 is 0 Å². The van der Waals surface area contributed by atoms with E-state index in [0.29, 0.717) is 0 Å². The van der Waals surface area contributed by atoms with Crippen LogP contribution in [0.4, 0.5) is 17.6 Å². The highest BCUT2D eigenvalue weighted by Crippen LogP contribution is 2.33. The molecule has 0 radical (unpaired) electrons. The van der Waals surface area contributed by atoms with Crippen molar-refractivity contribution in [2.75, 3.05) is 6.61 Å². The van der Waals surface area contributed by atoms with Gasteiger partial charge in [-0.25, -0.2) is 17.6 Å². The zero-order valence-electron chi connectivity index (χ0n) is 8.26. The number of aliphatic hydroxyl groups is 1. The summed E-state index contributed by atoms with van der Waals surface area (Å²) in [6, 6.07) is -0.581. The quantitative estimate of drug-likeness (QED) is 0.833. The van der Waals surface area contributed by atoms with Crippen molar-refractivity contribution in [1.82, 2.24) is 0 Å². The van der Waals surface area contributed by atoms with Crippen molar-refractivity contribution in [3.8, 4) is 0 Å². The molecule has 0 aliphatic rings. The van der Waals surface area contributed by atoms with Crippen LogP contribution in [-0.4, -0.2) is 17.6 Å². The number of rotatable bonds is 3. The second kappa shape index (κ2) is 5.99. The van der Waals surface area contributed by atoms with Crippen LogP contribution in [0, 0.1) is 11.6 Å². The summed E-state index contributed by atoms with van der Waals surface area (Å²) < 4.78 is 52.5. The molecule has 1 atom stereocenters. The molecule has 1 aromatic carbocycles. The molecule has 0 aliphatic carbocycles. The van der Waals surface area contributed by atoms with Crippen molar-refractivity contribution in [2.45, 2.75) is 12.0 Å². The molecule has 0 aliphatic heterocycles. The summed E-state index contributed by atoms with van der Waals surface area (Å²) in [6.45, 7) is -1.58. The molecule has 0 spiro atoms. The molecule has 0 saturated heterocycles. The molecule has 0 amide bonds. The van der Waals surface area contributed by atoms with E-state index in [1.165, 1.54) is 0 Å². The SMILES string of the molecule is Cl.N[C@H](c1c(F)cc(Br)cc1F)C(F)(F)CO. The van der Waals surface area contributed by atoms with Gasteiger partial charge in [0.25, 0.3) is 5.92 Å². The van der Waals surface area contributed by atoms with E-state index in [9.17, 15) is 17.6 Å². The molecular formula is C9H9BrClF4NO. The molecule has 0 saturated carbocycles. The predicted octanol–water partition coefficient (Wildman–Crippen LogP) is 2.78. The maximum Gasteiger partial charge on any atom is 0.289 e. The first-order valence-electron chi connectivity index (χ1n) is 4.18. The van der Waals surface area contributed by atoms with Crippen molar-refractivity contribution in [1.29, 1.82) is 0 Å². The average molecular weight is 339 g/mol. The lowest BCUT2D eigenvalue weighted by Gasteiger charge is -2.22. The summed E-state index contributed by atoms with van der Waals surface area (Å²) in [5, 5.41) is 8.38. The minimum absolute atomic E-state index is 0. The fourth-order valence-electron chi connectivity index (χ4n) is 1.16. The van der Waals surface area contributed by atoms with Gasteiger partial charge in [-0.3, -0.25) is 0 Å². The molecule has 1 aromatic rings. The molecule has 17 heavy (non-hydrogen) atoms. The van der Waals surface area contributed by atoms with Crippen LogP contribution in [0.25, 0.3) is 0 Å². The minimum atomic E-state index is -3.78. The Morgan fingerprint density at radius 3 is 2.06 bits per heavy atom. The molecule has 2 nitrogen and oxygen atoms in total. The van der Waals surface area contributed by atoms with Gasteiger partial charge in [0.2, 0.25) is 0 Å². The van der Waals surface area contributed by atoms with Crippen LogP contribution in [-0.2, 0) is 0 Å².